The first-order valence-electron chi connectivity index (χ1n) is 8.31. The molecule has 0 amide bonds. The highest BCUT2D eigenvalue weighted by molar-refractivity contribution is 6.31. The van der Waals surface area contributed by atoms with Gasteiger partial charge in [-0.1, -0.05) is 25.4 Å². The number of fused-ring (bicyclic) bond motifs is 1. The van der Waals surface area contributed by atoms with E-state index in [0.29, 0.717) is 46.3 Å². The van der Waals surface area contributed by atoms with Gasteiger partial charge < -0.3 is 10.6 Å². The second-order valence-electron chi connectivity index (χ2n) is 7.46. The van der Waals surface area contributed by atoms with E-state index in [0.717, 1.165) is 0 Å². The molecule has 1 atom stereocenters. The molecule has 140 valence electrons. The molecular weight excluding hydrogens is 374 g/mol. The van der Waals surface area contributed by atoms with Crippen molar-refractivity contribution in [2.75, 3.05) is 10.6 Å². The zero-order valence-electron chi connectivity index (χ0n) is 14.6. The Kier molecular flexibility index (Phi) is 3.92. The first-order chi connectivity index (χ1) is 12.7. The van der Waals surface area contributed by atoms with E-state index in [1.165, 1.54) is 18.2 Å². The molecule has 27 heavy (non-hydrogen) atoms. The molecule has 0 radical (unpaired) electrons. The van der Waals surface area contributed by atoms with Crippen LogP contribution < -0.4 is 10.6 Å². The third-order valence-electron chi connectivity index (χ3n) is 4.75. The number of carbonyl (C=O) groups excluding carboxylic acids is 1. The minimum absolute atomic E-state index is 0.0593. The normalized spacial score (nSPS) is 20.9. The van der Waals surface area contributed by atoms with Gasteiger partial charge in [-0.15, -0.1) is 0 Å². The Labute approximate surface area is 158 Å². The number of allylic oxidation sites excluding steroid dienone is 1. The highest BCUT2D eigenvalue weighted by Gasteiger charge is 2.40. The van der Waals surface area contributed by atoms with Crippen LogP contribution in [0.3, 0.4) is 0 Å². The maximum atomic E-state index is 13.0. The summed E-state index contributed by atoms with van der Waals surface area (Å²) in [5, 5.41) is 25.4. The molecule has 9 nitrogen and oxygen atoms in total. The van der Waals surface area contributed by atoms with Crippen molar-refractivity contribution < 1.29 is 14.3 Å². The van der Waals surface area contributed by atoms with Crippen molar-refractivity contribution in [3.63, 3.8) is 0 Å². The first-order valence-corrected chi connectivity index (χ1v) is 8.69. The standard InChI is InChI=1S/C17H16ClN5O4/c1-17(2)6-11-13(12(24)7-17)14(20-16-15(19-11)21-27-22-16)9-5-8(23(25)26)3-4-10(9)18/h3-5,14H,6-7H2,1-2H3,(H,19,21)(H,20,22). The van der Waals surface area contributed by atoms with Crippen LogP contribution in [0, 0.1) is 15.5 Å². The topological polar surface area (TPSA) is 123 Å². The summed E-state index contributed by atoms with van der Waals surface area (Å²) in [4.78, 5) is 23.7. The second-order valence-corrected chi connectivity index (χ2v) is 7.87. The lowest BCUT2D eigenvalue weighted by molar-refractivity contribution is -0.384. The van der Waals surface area contributed by atoms with Crippen LogP contribution in [0.5, 0.6) is 0 Å². The van der Waals surface area contributed by atoms with E-state index >= 15 is 0 Å². The SMILES string of the molecule is CC1(C)CC(=O)C2=C(C1)Nc1nonc1NC2c1cc([N+](=O)[O-])ccc1Cl. The Morgan fingerprint density at radius 3 is 2.78 bits per heavy atom. The van der Waals surface area contributed by atoms with Gasteiger partial charge in [-0.3, -0.25) is 14.9 Å². The van der Waals surface area contributed by atoms with Crippen molar-refractivity contribution >= 4 is 34.7 Å². The molecule has 10 heteroatoms. The van der Waals surface area contributed by atoms with Crippen molar-refractivity contribution in [3.05, 3.63) is 50.2 Å². The third-order valence-corrected chi connectivity index (χ3v) is 5.09. The summed E-state index contributed by atoms with van der Waals surface area (Å²) in [6, 6.07) is 3.44. The van der Waals surface area contributed by atoms with Crippen LogP contribution >= 0.6 is 11.6 Å². The van der Waals surface area contributed by atoms with Gasteiger partial charge in [0.15, 0.2) is 5.78 Å². The van der Waals surface area contributed by atoms with Crippen LogP contribution in [-0.2, 0) is 4.79 Å². The van der Waals surface area contributed by atoms with Crippen LogP contribution in [0.1, 0.15) is 38.3 Å². The number of halogens is 1. The summed E-state index contributed by atoms with van der Waals surface area (Å²) in [7, 11) is 0. The number of nitrogens with zero attached hydrogens (tertiary/aromatic N) is 3. The van der Waals surface area contributed by atoms with E-state index < -0.39 is 11.0 Å². The average Bonchev–Trinajstić information content (AvgIpc) is 2.93. The lowest BCUT2D eigenvalue weighted by Crippen LogP contribution is -2.31. The van der Waals surface area contributed by atoms with Gasteiger partial charge in [0, 0.05) is 40.4 Å². The Morgan fingerprint density at radius 1 is 1.30 bits per heavy atom. The van der Waals surface area contributed by atoms with Gasteiger partial charge in [-0.05, 0) is 28.2 Å². The molecule has 0 bridgehead atoms. The number of ketones is 1. The highest BCUT2D eigenvalue weighted by Crippen LogP contribution is 2.46. The number of nitro benzene ring substituents is 1. The summed E-state index contributed by atoms with van der Waals surface area (Å²) in [6.45, 7) is 4.01. The molecule has 1 aliphatic heterocycles. The Morgan fingerprint density at radius 2 is 2.04 bits per heavy atom. The number of rotatable bonds is 2. The van der Waals surface area contributed by atoms with Gasteiger partial charge in [0.2, 0.25) is 11.6 Å². The monoisotopic (exact) mass is 389 g/mol. The minimum Gasteiger partial charge on any atom is -0.353 e. The maximum absolute atomic E-state index is 13.0. The molecular formula is C17H16ClN5O4. The Balaban J connectivity index is 1.91. The number of carbonyl (C=O) groups is 1. The van der Waals surface area contributed by atoms with Crippen molar-refractivity contribution in [1.82, 2.24) is 10.3 Å². The molecule has 0 saturated carbocycles. The number of non-ortho nitro benzene ring substituents is 1. The van der Waals surface area contributed by atoms with E-state index in [1.807, 2.05) is 13.8 Å². The molecule has 2 heterocycles. The summed E-state index contributed by atoms with van der Waals surface area (Å²) >= 11 is 6.35. The number of anilines is 2. The summed E-state index contributed by atoms with van der Waals surface area (Å²) in [6.07, 6.45) is 0.957. The molecule has 1 unspecified atom stereocenters. The zero-order valence-corrected chi connectivity index (χ0v) is 15.3. The first kappa shape index (κ1) is 17.5. The molecule has 0 spiro atoms. The second kappa shape index (κ2) is 6.05. The van der Waals surface area contributed by atoms with E-state index in [1.54, 1.807) is 0 Å². The predicted octanol–water partition coefficient (Wildman–Crippen LogP) is 3.85. The Hall–Kier alpha value is -2.94. The fourth-order valence-corrected chi connectivity index (χ4v) is 3.82. The summed E-state index contributed by atoms with van der Waals surface area (Å²) in [5.74, 6) is 0.607. The number of nitrogens with one attached hydrogen (secondary N) is 2. The molecule has 2 aliphatic rings. The molecule has 2 aromatic rings. The Bertz CT molecular complexity index is 997. The largest absolute Gasteiger partial charge is 0.353 e. The van der Waals surface area contributed by atoms with Gasteiger partial charge in [-0.25, -0.2) is 4.63 Å². The van der Waals surface area contributed by atoms with Crippen molar-refractivity contribution in [2.45, 2.75) is 32.7 Å². The van der Waals surface area contributed by atoms with Crippen molar-refractivity contribution in [3.8, 4) is 0 Å². The van der Waals surface area contributed by atoms with Gasteiger partial charge in [0.1, 0.15) is 0 Å². The van der Waals surface area contributed by atoms with Gasteiger partial charge >= 0.3 is 0 Å². The van der Waals surface area contributed by atoms with E-state index in [4.69, 9.17) is 16.2 Å². The van der Waals surface area contributed by atoms with Crippen LogP contribution in [0.25, 0.3) is 0 Å². The molecule has 1 aliphatic carbocycles. The summed E-state index contributed by atoms with van der Waals surface area (Å²) < 4.78 is 4.78. The lowest BCUT2D eigenvalue weighted by atomic mass is 9.73. The smallest absolute Gasteiger partial charge is 0.269 e. The van der Waals surface area contributed by atoms with Crippen LogP contribution in [0.2, 0.25) is 5.02 Å². The van der Waals surface area contributed by atoms with Crippen LogP contribution in [-0.4, -0.2) is 21.0 Å². The molecule has 4 rings (SSSR count). The third kappa shape index (κ3) is 3.03. The fourth-order valence-electron chi connectivity index (χ4n) is 3.60. The maximum Gasteiger partial charge on any atom is 0.269 e. The zero-order chi connectivity index (χ0) is 19.3. The number of benzene rings is 1. The van der Waals surface area contributed by atoms with E-state index in [2.05, 4.69) is 20.9 Å². The molecule has 1 aromatic carbocycles. The van der Waals surface area contributed by atoms with E-state index in [9.17, 15) is 14.9 Å². The number of nitro groups is 1. The predicted molar refractivity (Wildman–Crippen MR) is 97.4 cm³/mol. The fraction of sp³-hybridized carbons (Fsp3) is 0.353. The van der Waals surface area contributed by atoms with Crippen LogP contribution in [0.4, 0.5) is 17.3 Å². The number of hydrogen-bond acceptors (Lipinski definition) is 8. The van der Waals surface area contributed by atoms with Crippen molar-refractivity contribution in [1.29, 1.82) is 0 Å². The summed E-state index contributed by atoms with van der Waals surface area (Å²) in [5.41, 5.74) is 1.24. The average molecular weight is 390 g/mol. The molecule has 1 aromatic heterocycles. The lowest BCUT2D eigenvalue weighted by Gasteiger charge is -2.34. The number of Topliss-reactive ketones (excluding diaryl/α,β-unsaturated/α-hetero) is 1. The van der Waals surface area contributed by atoms with Crippen molar-refractivity contribution in [2.24, 2.45) is 5.41 Å². The van der Waals surface area contributed by atoms with Gasteiger partial charge in [0.05, 0.1) is 11.0 Å². The number of aromatic nitrogens is 2. The minimum atomic E-state index is -0.711. The molecule has 0 fully saturated rings. The van der Waals surface area contributed by atoms with Crippen LogP contribution in [0.15, 0.2) is 34.1 Å². The molecule has 2 N–H and O–H groups in total. The molecule has 0 saturated heterocycles. The van der Waals surface area contributed by atoms with Gasteiger partial charge in [-0.2, -0.15) is 0 Å². The van der Waals surface area contributed by atoms with E-state index in [-0.39, 0.29) is 16.9 Å². The van der Waals surface area contributed by atoms with Gasteiger partial charge in [0.25, 0.3) is 5.69 Å². The number of hydrogen-bond donors (Lipinski definition) is 2. The highest BCUT2D eigenvalue weighted by atomic mass is 35.5. The quantitative estimate of drug-likeness (QED) is 0.586.